The Bertz CT molecular complexity index is 399. The fourth-order valence-corrected chi connectivity index (χ4v) is 2.74. The summed E-state index contributed by atoms with van der Waals surface area (Å²) in [4.78, 5) is 0. The van der Waals surface area contributed by atoms with Crippen LogP contribution >= 0.6 is 11.6 Å². The predicted octanol–water partition coefficient (Wildman–Crippen LogP) is 2.15. The molecule has 2 atom stereocenters. The summed E-state index contributed by atoms with van der Waals surface area (Å²) in [6.07, 6.45) is 2.02. The second-order valence-corrected chi connectivity index (χ2v) is 5.36. The van der Waals surface area contributed by atoms with Crippen molar-refractivity contribution in [1.29, 1.82) is 0 Å². The molecule has 0 amide bonds. The number of hydrogen-bond acceptors (Lipinski definition) is 3. The Hall–Kier alpha value is -0.580. The maximum Gasteiger partial charge on any atom is 0.0863 e. The summed E-state index contributed by atoms with van der Waals surface area (Å²) in [5.74, 6) is 0.614. The van der Waals surface area contributed by atoms with E-state index < -0.39 is 0 Å². The molecule has 2 unspecified atom stereocenters. The highest BCUT2D eigenvalue weighted by Crippen LogP contribution is 2.22. The molecule has 0 saturated carbocycles. The summed E-state index contributed by atoms with van der Waals surface area (Å²) in [6, 6.07) is 0.448. The first-order valence-corrected chi connectivity index (χ1v) is 7.02. The van der Waals surface area contributed by atoms with Crippen LogP contribution in [0.25, 0.3) is 0 Å². The topological polar surface area (TPSA) is 39.1 Å². The summed E-state index contributed by atoms with van der Waals surface area (Å²) in [5.41, 5.74) is 2.05. The maximum atomic E-state index is 6.32. The molecule has 1 aromatic rings. The van der Waals surface area contributed by atoms with Gasteiger partial charge in [-0.25, -0.2) is 0 Å². The third-order valence-corrected chi connectivity index (χ3v) is 4.20. The highest BCUT2D eigenvalue weighted by Gasteiger charge is 2.22. The molecule has 1 saturated heterocycles. The van der Waals surface area contributed by atoms with Crippen molar-refractivity contribution in [1.82, 2.24) is 15.1 Å². The molecule has 2 rings (SSSR count). The van der Waals surface area contributed by atoms with E-state index in [2.05, 4.69) is 24.3 Å². The van der Waals surface area contributed by atoms with E-state index in [4.69, 9.17) is 16.3 Å². The molecule has 0 spiro atoms. The van der Waals surface area contributed by atoms with Gasteiger partial charge >= 0.3 is 0 Å². The molecular weight excluding hydrogens is 250 g/mol. The molecule has 4 nitrogen and oxygen atoms in total. The number of rotatable bonds is 5. The van der Waals surface area contributed by atoms with E-state index in [1.165, 1.54) is 0 Å². The van der Waals surface area contributed by atoms with Crippen LogP contribution in [0.4, 0.5) is 0 Å². The largest absolute Gasteiger partial charge is 0.381 e. The van der Waals surface area contributed by atoms with Crippen LogP contribution in [0.3, 0.4) is 0 Å². The van der Waals surface area contributed by atoms with Crippen molar-refractivity contribution in [2.45, 2.75) is 39.3 Å². The number of aryl methyl sites for hydroxylation is 2. The van der Waals surface area contributed by atoms with Gasteiger partial charge in [-0.05, 0) is 25.7 Å². The van der Waals surface area contributed by atoms with Crippen LogP contribution in [0.5, 0.6) is 0 Å². The number of halogens is 1. The average molecular weight is 272 g/mol. The lowest BCUT2D eigenvalue weighted by atomic mass is 10.0. The molecule has 102 valence electrons. The normalized spacial score (nSPS) is 21.4. The van der Waals surface area contributed by atoms with E-state index in [1.807, 2.05) is 11.7 Å². The zero-order chi connectivity index (χ0) is 13.1. The molecule has 1 N–H and O–H groups in total. The minimum Gasteiger partial charge on any atom is -0.381 e. The predicted molar refractivity (Wildman–Crippen MR) is 72.8 cm³/mol. The summed E-state index contributed by atoms with van der Waals surface area (Å²) in [7, 11) is 1.95. The summed E-state index contributed by atoms with van der Waals surface area (Å²) < 4.78 is 7.30. The molecule has 5 heteroatoms. The van der Waals surface area contributed by atoms with Gasteiger partial charge in [0.2, 0.25) is 0 Å². The lowest BCUT2D eigenvalue weighted by molar-refractivity contribution is 0.178. The third-order valence-electron chi connectivity index (χ3n) is 3.77. The Morgan fingerprint density at radius 3 is 2.94 bits per heavy atom. The summed E-state index contributed by atoms with van der Waals surface area (Å²) >= 11 is 6.32. The van der Waals surface area contributed by atoms with Crippen LogP contribution in [0, 0.1) is 5.92 Å². The SMILES string of the molecule is CCc1nn(C)c(CNC(C)C2CCOC2)c1Cl. The number of nitrogens with one attached hydrogen (secondary N) is 1. The number of aromatic nitrogens is 2. The van der Waals surface area contributed by atoms with E-state index in [0.29, 0.717) is 12.0 Å². The van der Waals surface area contributed by atoms with Crippen molar-refractivity contribution in [2.24, 2.45) is 13.0 Å². The standard InChI is InChI=1S/C13H22ClN3O/c1-4-11-13(14)12(17(3)16-11)7-15-9(2)10-5-6-18-8-10/h9-10,15H,4-8H2,1-3H3. The van der Waals surface area contributed by atoms with Gasteiger partial charge in [-0.2, -0.15) is 5.10 Å². The van der Waals surface area contributed by atoms with E-state index in [1.54, 1.807) is 0 Å². The number of nitrogens with zero attached hydrogens (tertiary/aromatic N) is 2. The average Bonchev–Trinajstić information content (AvgIpc) is 2.96. The Balaban J connectivity index is 1.95. The fraction of sp³-hybridized carbons (Fsp3) is 0.769. The van der Waals surface area contributed by atoms with Crippen molar-refractivity contribution in [3.05, 3.63) is 16.4 Å². The van der Waals surface area contributed by atoms with Gasteiger partial charge < -0.3 is 10.1 Å². The molecule has 1 aliphatic rings. The molecule has 2 heterocycles. The molecular formula is C13H22ClN3O. The minimum atomic E-state index is 0.448. The fourth-order valence-electron chi connectivity index (χ4n) is 2.38. The second kappa shape index (κ2) is 6.04. The molecule has 0 aromatic carbocycles. The van der Waals surface area contributed by atoms with E-state index >= 15 is 0 Å². The summed E-state index contributed by atoms with van der Waals surface area (Å²) in [6.45, 7) is 6.81. The lowest BCUT2D eigenvalue weighted by Crippen LogP contribution is -2.34. The first kappa shape index (κ1) is 13.8. The zero-order valence-electron chi connectivity index (χ0n) is 11.4. The maximum absolute atomic E-state index is 6.32. The Labute approximate surface area is 114 Å². The molecule has 18 heavy (non-hydrogen) atoms. The van der Waals surface area contributed by atoms with Gasteiger partial charge in [-0.1, -0.05) is 18.5 Å². The van der Waals surface area contributed by atoms with Crippen LogP contribution in [0.1, 0.15) is 31.7 Å². The molecule has 1 aliphatic heterocycles. The Kier molecular flexibility index (Phi) is 4.65. The second-order valence-electron chi connectivity index (χ2n) is 4.98. The zero-order valence-corrected chi connectivity index (χ0v) is 12.1. The highest BCUT2D eigenvalue weighted by atomic mass is 35.5. The van der Waals surface area contributed by atoms with Gasteiger partial charge in [-0.3, -0.25) is 4.68 Å². The monoisotopic (exact) mass is 271 g/mol. The van der Waals surface area contributed by atoms with Gasteiger partial charge in [-0.15, -0.1) is 0 Å². The Morgan fingerprint density at radius 2 is 2.39 bits per heavy atom. The van der Waals surface area contributed by atoms with Crippen molar-refractivity contribution in [3.63, 3.8) is 0 Å². The number of ether oxygens (including phenoxy) is 1. The Morgan fingerprint density at radius 1 is 1.61 bits per heavy atom. The van der Waals surface area contributed by atoms with Gasteiger partial charge in [0.1, 0.15) is 0 Å². The first-order chi connectivity index (χ1) is 8.63. The van der Waals surface area contributed by atoms with Crippen LogP contribution in [-0.2, 0) is 24.8 Å². The quantitative estimate of drug-likeness (QED) is 0.892. The van der Waals surface area contributed by atoms with Crippen molar-refractivity contribution >= 4 is 11.6 Å². The van der Waals surface area contributed by atoms with Crippen molar-refractivity contribution in [3.8, 4) is 0 Å². The molecule has 0 aliphatic carbocycles. The lowest BCUT2D eigenvalue weighted by Gasteiger charge is -2.19. The van der Waals surface area contributed by atoms with Crippen LogP contribution in [0.2, 0.25) is 5.02 Å². The van der Waals surface area contributed by atoms with Crippen molar-refractivity contribution < 1.29 is 4.74 Å². The van der Waals surface area contributed by atoms with E-state index in [9.17, 15) is 0 Å². The summed E-state index contributed by atoms with van der Waals surface area (Å²) in [5, 5.41) is 8.77. The first-order valence-electron chi connectivity index (χ1n) is 6.64. The van der Waals surface area contributed by atoms with E-state index in [-0.39, 0.29) is 0 Å². The van der Waals surface area contributed by atoms with E-state index in [0.717, 1.165) is 49.0 Å². The molecule has 0 bridgehead atoms. The molecule has 0 radical (unpaired) electrons. The third kappa shape index (κ3) is 2.87. The minimum absolute atomic E-state index is 0.448. The van der Waals surface area contributed by atoms with Gasteiger partial charge in [0.25, 0.3) is 0 Å². The molecule has 1 aromatic heterocycles. The van der Waals surface area contributed by atoms with Crippen LogP contribution in [-0.4, -0.2) is 29.0 Å². The van der Waals surface area contributed by atoms with Crippen LogP contribution in [0.15, 0.2) is 0 Å². The number of hydrogen-bond donors (Lipinski definition) is 1. The van der Waals surface area contributed by atoms with Crippen molar-refractivity contribution in [2.75, 3.05) is 13.2 Å². The highest BCUT2D eigenvalue weighted by molar-refractivity contribution is 6.31. The smallest absolute Gasteiger partial charge is 0.0863 e. The van der Waals surface area contributed by atoms with Gasteiger partial charge in [0, 0.05) is 26.2 Å². The molecule has 1 fully saturated rings. The van der Waals surface area contributed by atoms with Gasteiger partial charge in [0.05, 0.1) is 23.0 Å². The van der Waals surface area contributed by atoms with Gasteiger partial charge in [0.15, 0.2) is 0 Å². The van der Waals surface area contributed by atoms with Crippen LogP contribution < -0.4 is 5.32 Å².